The van der Waals surface area contributed by atoms with Gasteiger partial charge in [-0.15, -0.1) is 0 Å². The lowest BCUT2D eigenvalue weighted by molar-refractivity contribution is 0.179. The molecule has 4 nitrogen and oxygen atoms in total. The Morgan fingerprint density at radius 1 is 1.26 bits per heavy atom. The van der Waals surface area contributed by atoms with Gasteiger partial charge in [0.15, 0.2) is 0 Å². The van der Waals surface area contributed by atoms with Crippen LogP contribution in [-0.4, -0.2) is 43.9 Å². The lowest BCUT2D eigenvalue weighted by Gasteiger charge is -2.41. The zero-order valence-electron chi connectivity index (χ0n) is 11.5. The van der Waals surface area contributed by atoms with Crippen LogP contribution in [0.3, 0.4) is 0 Å². The SMILES string of the molecule is CN1CCN(CC(N)(CO)C2CC2)c2ccccc21. The first-order valence-electron chi connectivity index (χ1n) is 7.09. The molecule has 1 unspecified atom stereocenters. The van der Waals surface area contributed by atoms with Gasteiger partial charge in [0.1, 0.15) is 0 Å². The number of para-hydroxylation sites is 2. The van der Waals surface area contributed by atoms with Crippen LogP contribution in [-0.2, 0) is 0 Å². The van der Waals surface area contributed by atoms with Crippen molar-refractivity contribution in [3.05, 3.63) is 24.3 Å². The van der Waals surface area contributed by atoms with Crippen molar-refractivity contribution < 1.29 is 5.11 Å². The monoisotopic (exact) mass is 261 g/mol. The van der Waals surface area contributed by atoms with Crippen LogP contribution in [0.25, 0.3) is 0 Å². The van der Waals surface area contributed by atoms with Gasteiger partial charge in [-0.3, -0.25) is 0 Å². The van der Waals surface area contributed by atoms with Crippen LogP contribution in [0.4, 0.5) is 11.4 Å². The number of benzene rings is 1. The van der Waals surface area contributed by atoms with Gasteiger partial charge in [-0.2, -0.15) is 0 Å². The Kier molecular flexibility index (Phi) is 3.15. The zero-order valence-corrected chi connectivity index (χ0v) is 11.5. The van der Waals surface area contributed by atoms with Crippen LogP contribution < -0.4 is 15.5 Å². The van der Waals surface area contributed by atoms with E-state index in [2.05, 4.69) is 41.1 Å². The quantitative estimate of drug-likeness (QED) is 0.850. The average molecular weight is 261 g/mol. The molecule has 1 saturated carbocycles. The summed E-state index contributed by atoms with van der Waals surface area (Å²) in [6.07, 6.45) is 2.32. The zero-order chi connectivity index (χ0) is 13.5. The Morgan fingerprint density at radius 2 is 1.95 bits per heavy atom. The molecule has 0 bridgehead atoms. The fourth-order valence-corrected chi connectivity index (χ4v) is 3.05. The Hall–Kier alpha value is -1.26. The van der Waals surface area contributed by atoms with Gasteiger partial charge in [0, 0.05) is 26.7 Å². The predicted molar refractivity (Wildman–Crippen MR) is 78.7 cm³/mol. The summed E-state index contributed by atoms with van der Waals surface area (Å²) in [6, 6.07) is 8.44. The molecule has 1 fully saturated rings. The Morgan fingerprint density at radius 3 is 2.58 bits per heavy atom. The van der Waals surface area contributed by atoms with E-state index in [1.807, 2.05) is 0 Å². The van der Waals surface area contributed by atoms with E-state index < -0.39 is 5.54 Å². The van der Waals surface area contributed by atoms with Crippen LogP contribution in [0.5, 0.6) is 0 Å². The Balaban J connectivity index is 1.84. The van der Waals surface area contributed by atoms with Gasteiger partial charge < -0.3 is 20.6 Å². The number of likely N-dealkylation sites (N-methyl/N-ethyl adjacent to an activating group) is 1. The summed E-state index contributed by atoms with van der Waals surface area (Å²) in [4.78, 5) is 4.62. The Bertz CT molecular complexity index is 460. The van der Waals surface area contributed by atoms with E-state index >= 15 is 0 Å². The first kappa shape index (κ1) is 12.8. The normalized spacial score (nSPS) is 22.1. The molecule has 1 atom stereocenters. The Labute approximate surface area is 114 Å². The number of hydrogen-bond donors (Lipinski definition) is 2. The van der Waals surface area contributed by atoms with Crippen LogP contribution in [0, 0.1) is 5.92 Å². The van der Waals surface area contributed by atoms with Crippen molar-refractivity contribution in [3.63, 3.8) is 0 Å². The number of aliphatic hydroxyl groups excluding tert-OH is 1. The minimum atomic E-state index is -0.441. The van der Waals surface area contributed by atoms with Gasteiger partial charge in [0.2, 0.25) is 0 Å². The van der Waals surface area contributed by atoms with Crippen molar-refractivity contribution >= 4 is 11.4 Å². The molecule has 1 aliphatic carbocycles. The number of anilines is 2. The van der Waals surface area contributed by atoms with E-state index in [-0.39, 0.29) is 6.61 Å². The van der Waals surface area contributed by atoms with Gasteiger partial charge in [-0.05, 0) is 30.9 Å². The molecule has 0 radical (unpaired) electrons. The van der Waals surface area contributed by atoms with Crippen LogP contribution in [0.15, 0.2) is 24.3 Å². The third-order valence-electron chi connectivity index (χ3n) is 4.51. The number of aliphatic hydroxyl groups is 1. The molecule has 0 saturated heterocycles. The molecule has 0 spiro atoms. The van der Waals surface area contributed by atoms with Gasteiger partial charge in [0.25, 0.3) is 0 Å². The maximum Gasteiger partial charge on any atom is 0.0631 e. The second kappa shape index (κ2) is 4.69. The van der Waals surface area contributed by atoms with Gasteiger partial charge in [-0.1, -0.05) is 12.1 Å². The number of fused-ring (bicyclic) bond motifs is 1. The van der Waals surface area contributed by atoms with Crippen LogP contribution >= 0.6 is 0 Å². The molecule has 2 aliphatic rings. The summed E-state index contributed by atoms with van der Waals surface area (Å²) in [6.45, 7) is 2.80. The summed E-state index contributed by atoms with van der Waals surface area (Å²) in [5.41, 5.74) is 8.47. The van der Waals surface area contributed by atoms with E-state index in [0.717, 1.165) is 32.5 Å². The molecule has 3 rings (SSSR count). The number of nitrogens with two attached hydrogens (primary N) is 1. The highest BCUT2D eigenvalue weighted by Gasteiger charge is 2.43. The summed E-state index contributed by atoms with van der Waals surface area (Å²) < 4.78 is 0. The molecule has 1 heterocycles. The standard InChI is InChI=1S/C15H23N3O/c1-17-8-9-18(14-5-3-2-4-13(14)17)10-15(16,11-19)12-6-7-12/h2-5,12,19H,6-11,16H2,1H3. The van der Waals surface area contributed by atoms with E-state index in [1.54, 1.807) is 0 Å². The molecule has 4 heteroatoms. The third-order valence-corrected chi connectivity index (χ3v) is 4.51. The van der Waals surface area contributed by atoms with Crippen molar-refractivity contribution in [1.29, 1.82) is 0 Å². The van der Waals surface area contributed by atoms with E-state index in [1.165, 1.54) is 11.4 Å². The number of hydrogen-bond acceptors (Lipinski definition) is 4. The highest BCUT2D eigenvalue weighted by Crippen LogP contribution is 2.40. The molecule has 1 aromatic rings. The maximum absolute atomic E-state index is 9.66. The van der Waals surface area contributed by atoms with Crippen molar-refractivity contribution in [2.75, 3.05) is 43.1 Å². The third kappa shape index (κ3) is 2.30. The number of rotatable bonds is 4. The first-order valence-corrected chi connectivity index (χ1v) is 7.09. The number of nitrogens with zero attached hydrogens (tertiary/aromatic N) is 2. The lowest BCUT2D eigenvalue weighted by atomic mass is 9.94. The van der Waals surface area contributed by atoms with Gasteiger partial charge in [-0.25, -0.2) is 0 Å². The summed E-state index contributed by atoms with van der Waals surface area (Å²) >= 11 is 0. The lowest BCUT2D eigenvalue weighted by Crippen LogP contribution is -2.57. The van der Waals surface area contributed by atoms with Crippen molar-refractivity contribution in [2.24, 2.45) is 11.7 Å². The van der Waals surface area contributed by atoms with Crippen molar-refractivity contribution in [2.45, 2.75) is 18.4 Å². The highest BCUT2D eigenvalue weighted by atomic mass is 16.3. The summed E-state index contributed by atoms with van der Waals surface area (Å²) in [7, 11) is 2.12. The fraction of sp³-hybridized carbons (Fsp3) is 0.600. The van der Waals surface area contributed by atoms with Crippen molar-refractivity contribution in [1.82, 2.24) is 0 Å². The molecular weight excluding hydrogens is 238 g/mol. The van der Waals surface area contributed by atoms with Crippen LogP contribution in [0.2, 0.25) is 0 Å². The molecule has 0 aromatic heterocycles. The molecule has 1 aromatic carbocycles. The minimum absolute atomic E-state index is 0.0756. The smallest absolute Gasteiger partial charge is 0.0631 e. The average Bonchev–Trinajstić information content (AvgIpc) is 3.27. The second-order valence-corrected chi connectivity index (χ2v) is 6.00. The second-order valence-electron chi connectivity index (χ2n) is 6.00. The molecule has 3 N–H and O–H groups in total. The molecule has 104 valence electrons. The largest absolute Gasteiger partial charge is 0.394 e. The molecule has 1 aliphatic heterocycles. The van der Waals surface area contributed by atoms with E-state index in [0.29, 0.717) is 5.92 Å². The molecule has 0 amide bonds. The van der Waals surface area contributed by atoms with Gasteiger partial charge >= 0.3 is 0 Å². The highest BCUT2D eigenvalue weighted by molar-refractivity contribution is 5.73. The minimum Gasteiger partial charge on any atom is -0.394 e. The summed E-state index contributed by atoms with van der Waals surface area (Å²) in [5.74, 6) is 0.490. The van der Waals surface area contributed by atoms with Crippen LogP contribution in [0.1, 0.15) is 12.8 Å². The molecular formula is C15H23N3O. The van der Waals surface area contributed by atoms with E-state index in [4.69, 9.17) is 5.73 Å². The summed E-state index contributed by atoms with van der Waals surface area (Å²) in [5, 5.41) is 9.66. The van der Waals surface area contributed by atoms with E-state index in [9.17, 15) is 5.11 Å². The predicted octanol–water partition coefficient (Wildman–Crippen LogP) is 1.04. The van der Waals surface area contributed by atoms with Gasteiger partial charge in [0.05, 0.1) is 23.5 Å². The maximum atomic E-state index is 9.66. The molecule has 19 heavy (non-hydrogen) atoms. The van der Waals surface area contributed by atoms with Crippen molar-refractivity contribution in [3.8, 4) is 0 Å². The first-order chi connectivity index (χ1) is 9.14. The fourth-order valence-electron chi connectivity index (χ4n) is 3.05. The topological polar surface area (TPSA) is 52.7 Å².